The molecule has 2 aliphatic carbocycles. The molecule has 5 rings (SSSR count). The van der Waals surface area contributed by atoms with Crippen LogP contribution in [0.3, 0.4) is 0 Å². The van der Waals surface area contributed by atoms with Crippen molar-refractivity contribution in [3.63, 3.8) is 0 Å². The lowest BCUT2D eigenvalue weighted by molar-refractivity contribution is -0.310. The lowest BCUT2D eigenvalue weighted by Gasteiger charge is -2.56. The second-order valence-electron chi connectivity index (χ2n) is 18.2. The number of nitrogens with zero attached hydrogens (tertiary/aromatic N) is 7. The number of hydrogen-bond acceptors (Lipinski definition) is 11. The second-order valence-corrected chi connectivity index (χ2v) is 18.2. The molecule has 0 spiro atoms. The Hall–Kier alpha value is -1.79. The Labute approximate surface area is 297 Å². The van der Waals surface area contributed by atoms with E-state index in [4.69, 9.17) is 24.6 Å². The molecule has 2 aliphatic heterocycles. The molecular weight excluding hydrogens is 616 g/mol. The van der Waals surface area contributed by atoms with Crippen LogP contribution in [0.25, 0.3) is 0 Å². The lowest BCUT2D eigenvalue weighted by atomic mass is 9.78. The van der Waals surface area contributed by atoms with Crippen molar-refractivity contribution >= 4 is 17.8 Å². The van der Waals surface area contributed by atoms with E-state index in [0.717, 1.165) is 51.4 Å². The van der Waals surface area contributed by atoms with E-state index < -0.39 is 0 Å². The van der Waals surface area contributed by atoms with Gasteiger partial charge in [-0.05, 0) is 113 Å². The lowest BCUT2D eigenvalue weighted by Crippen LogP contribution is -2.65. The Morgan fingerprint density at radius 2 is 1.00 bits per heavy atom. The highest BCUT2D eigenvalue weighted by atomic mass is 16.7. The molecule has 3 heterocycles. The zero-order valence-electron chi connectivity index (χ0n) is 32.7. The molecule has 4 aliphatic rings. The molecule has 0 aromatic carbocycles. The molecule has 2 saturated heterocycles. The minimum Gasteiger partial charge on any atom is -0.396 e. The minimum atomic E-state index is -0.155. The quantitative estimate of drug-likeness (QED) is 0.220. The molecule has 0 radical (unpaired) electrons. The van der Waals surface area contributed by atoms with E-state index in [1.165, 1.54) is 38.5 Å². The maximum atomic E-state index is 9.48. The predicted molar refractivity (Wildman–Crippen MR) is 199 cm³/mol. The van der Waals surface area contributed by atoms with Gasteiger partial charge in [-0.15, -0.1) is 0 Å². The Bertz CT molecular complexity index is 1090. The highest BCUT2D eigenvalue weighted by molar-refractivity contribution is 5.46. The van der Waals surface area contributed by atoms with Gasteiger partial charge in [0, 0.05) is 61.5 Å². The van der Waals surface area contributed by atoms with Crippen LogP contribution in [-0.2, 0) is 9.68 Å². The van der Waals surface area contributed by atoms with E-state index in [2.05, 4.69) is 94.7 Å². The minimum absolute atomic E-state index is 0.120. The van der Waals surface area contributed by atoms with Gasteiger partial charge in [0.05, 0.1) is 12.2 Å². The normalized spacial score (nSPS) is 25.7. The van der Waals surface area contributed by atoms with Crippen molar-refractivity contribution in [3.05, 3.63) is 0 Å². The number of aliphatic hydroxyl groups excluding tert-OH is 1. The summed E-state index contributed by atoms with van der Waals surface area (Å²) in [5, 5.41) is 17.5. The van der Waals surface area contributed by atoms with Crippen molar-refractivity contribution in [2.75, 3.05) is 42.4 Å². The highest BCUT2D eigenvalue weighted by Gasteiger charge is 2.50. The summed E-state index contributed by atoms with van der Waals surface area (Å²) in [7, 11) is 4.27. The van der Waals surface area contributed by atoms with E-state index in [0.29, 0.717) is 43.0 Å². The zero-order valence-corrected chi connectivity index (χ0v) is 32.7. The largest absolute Gasteiger partial charge is 0.396 e. The van der Waals surface area contributed by atoms with Crippen LogP contribution in [0.2, 0.25) is 0 Å². The van der Waals surface area contributed by atoms with Gasteiger partial charge in [0.1, 0.15) is 0 Å². The first-order valence-electron chi connectivity index (χ1n) is 19.5. The Balaban J connectivity index is 1.36. The van der Waals surface area contributed by atoms with Gasteiger partial charge in [0.15, 0.2) is 0 Å². The van der Waals surface area contributed by atoms with Crippen LogP contribution in [0, 0.1) is 0 Å². The molecule has 0 bridgehead atoms. The van der Waals surface area contributed by atoms with Crippen LogP contribution in [-0.4, -0.2) is 104 Å². The maximum Gasteiger partial charge on any atom is 0.231 e. The van der Waals surface area contributed by atoms with Gasteiger partial charge in [-0.25, -0.2) is 0 Å². The summed E-state index contributed by atoms with van der Waals surface area (Å²) in [6, 6.07) is 0.445. The number of hydroxylamine groups is 4. The number of hydrogen-bond donors (Lipinski definition) is 2. The van der Waals surface area contributed by atoms with Gasteiger partial charge in [-0.2, -0.15) is 25.1 Å². The molecule has 1 aromatic rings. The molecular formula is C38H70N8O3. The standard InChI is InChI=1S/C38H70N8O3/c1-35(2)24-28(25-36(3,4)45(35)48-30-18-13-11-14-19-30)43(9)33-40-32(39-22-17-23-47)41-34(42-33)44(10)29-26-37(5,6)46(38(7,8)27-29)49-31-20-15-12-16-21-31/h28-31,47H,11-27H2,1-10H3,(H,39,40,41,42). The van der Waals surface area contributed by atoms with Crippen LogP contribution in [0.5, 0.6) is 0 Å². The van der Waals surface area contributed by atoms with Crippen molar-refractivity contribution in [2.24, 2.45) is 0 Å². The van der Waals surface area contributed by atoms with Gasteiger partial charge < -0.3 is 20.2 Å². The summed E-state index contributed by atoms with van der Waals surface area (Å²) >= 11 is 0. The van der Waals surface area contributed by atoms with Gasteiger partial charge in [-0.1, -0.05) is 38.5 Å². The van der Waals surface area contributed by atoms with Gasteiger partial charge in [0.25, 0.3) is 0 Å². The Morgan fingerprint density at radius 1 is 0.633 bits per heavy atom. The molecule has 11 nitrogen and oxygen atoms in total. The Kier molecular flexibility index (Phi) is 12.1. The average Bonchev–Trinajstić information content (AvgIpc) is 3.04. The van der Waals surface area contributed by atoms with Crippen molar-refractivity contribution in [3.8, 4) is 0 Å². The zero-order chi connectivity index (χ0) is 35.6. The summed E-state index contributed by atoms with van der Waals surface area (Å²) in [5.74, 6) is 1.91. The van der Waals surface area contributed by atoms with Gasteiger partial charge in [0.2, 0.25) is 17.8 Å². The van der Waals surface area contributed by atoms with Crippen molar-refractivity contribution in [1.29, 1.82) is 0 Å². The number of aliphatic hydroxyl groups is 1. The summed E-state index contributed by atoms with van der Waals surface area (Å²) in [6.07, 6.45) is 17.3. The monoisotopic (exact) mass is 687 g/mol. The fraction of sp³-hybridized carbons (Fsp3) is 0.921. The van der Waals surface area contributed by atoms with E-state index in [1.807, 2.05) is 0 Å². The first-order chi connectivity index (χ1) is 23.0. The van der Waals surface area contributed by atoms with Crippen molar-refractivity contribution in [1.82, 2.24) is 25.1 Å². The number of rotatable bonds is 12. The molecule has 1 aromatic heterocycles. The van der Waals surface area contributed by atoms with E-state index in [9.17, 15) is 5.11 Å². The number of aromatic nitrogens is 3. The molecule has 49 heavy (non-hydrogen) atoms. The third kappa shape index (κ3) is 9.18. The first-order valence-corrected chi connectivity index (χ1v) is 19.5. The smallest absolute Gasteiger partial charge is 0.231 e. The number of piperidine rings is 2. The Morgan fingerprint density at radius 3 is 1.35 bits per heavy atom. The first kappa shape index (κ1) is 38.4. The highest BCUT2D eigenvalue weighted by Crippen LogP contribution is 2.44. The van der Waals surface area contributed by atoms with Gasteiger partial charge in [-0.3, -0.25) is 9.68 Å². The van der Waals surface area contributed by atoms with Crippen LogP contribution in [0.1, 0.15) is 152 Å². The van der Waals surface area contributed by atoms with E-state index in [-0.39, 0.29) is 40.8 Å². The SMILES string of the molecule is CN(c1nc(NCCCO)nc(N(C)C2CC(C)(C)N(OC3CCCCC3)C(C)(C)C2)n1)C1CC(C)(C)N(OC2CCCCC2)C(C)(C)C1. The summed E-state index contributed by atoms with van der Waals surface area (Å²) in [5.41, 5.74) is -0.620. The number of anilines is 3. The molecule has 0 amide bonds. The van der Waals surface area contributed by atoms with Crippen LogP contribution >= 0.6 is 0 Å². The molecule has 280 valence electrons. The second kappa shape index (κ2) is 15.4. The fourth-order valence-corrected chi connectivity index (χ4v) is 9.53. The summed E-state index contributed by atoms with van der Waals surface area (Å²) < 4.78 is 0. The van der Waals surface area contributed by atoms with Crippen LogP contribution in [0.4, 0.5) is 17.8 Å². The van der Waals surface area contributed by atoms with Gasteiger partial charge >= 0.3 is 0 Å². The third-order valence-corrected chi connectivity index (χ3v) is 11.7. The molecule has 4 fully saturated rings. The number of nitrogens with one attached hydrogen (secondary N) is 1. The third-order valence-electron chi connectivity index (χ3n) is 11.7. The van der Waals surface area contributed by atoms with Crippen LogP contribution in [0.15, 0.2) is 0 Å². The van der Waals surface area contributed by atoms with Crippen molar-refractivity contribution in [2.45, 2.75) is 198 Å². The molecule has 11 heteroatoms. The summed E-state index contributed by atoms with van der Waals surface area (Å²) in [4.78, 5) is 33.2. The van der Waals surface area contributed by atoms with Crippen molar-refractivity contribution < 1.29 is 14.8 Å². The predicted octanol–water partition coefficient (Wildman–Crippen LogP) is 7.11. The molecule has 0 unspecified atom stereocenters. The topological polar surface area (TPSA) is 102 Å². The molecule has 0 atom stereocenters. The fourth-order valence-electron chi connectivity index (χ4n) is 9.53. The van der Waals surface area contributed by atoms with E-state index >= 15 is 0 Å². The average molecular weight is 687 g/mol. The van der Waals surface area contributed by atoms with E-state index in [1.54, 1.807) is 0 Å². The molecule has 2 N–H and O–H groups in total. The van der Waals surface area contributed by atoms with Crippen LogP contribution < -0.4 is 15.1 Å². The molecule has 2 saturated carbocycles. The maximum absolute atomic E-state index is 9.48. The summed E-state index contributed by atoms with van der Waals surface area (Å²) in [6.45, 7) is 19.3.